The van der Waals surface area contributed by atoms with Crippen LogP contribution in [-0.4, -0.2) is 45.9 Å². The Morgan fingerprint density at radius 1 is 1.00 bits per heavy atom. The lowest BCUT2D eigenvalue weighted by atomic mass is 10.2. The van der Waals surface area contributed by atoms with E-state index in [1.54, 1.807) is 0 Å². The molecule has 0 aliphatic rings. The van der Waals surface area contributed by atoms with E-state index in [2.05, 4.69) is 4.74 Å². The van der Waals surface area contributed by atoms with Gasteiger partial charge in [0.2, 0.25) is 10.0 Å². The first kappa shape index (κ1) is 19.9. The van der Waals surface area contributed by atoms with Gasteiger partial charge in [-0.1, -0.05) is 11.6 Å². The molecule has 0 aliphatic heterocycles. The molecule has 2 aromatic carbocycles. The van der Waals surface area contributed by atoms with E-state index in [0.29, 0.717) is 5.56 Å². The summed E-state index contributed by atoms with van der Waals surface area (Å²) in [5.41, 5.74) is 0.205. The molecular weight excluding hydrogens is 382 g/mol. The van der Waals surface area contributed by atoms with E-state index in [9.17, 15) is 18.0 Å². The van der Waals surface area contributed by atoms with Crippen molar-refractivity contribution < 1.29 is 27.5 Å². The van der Waals surface area contributed by atoms with Crippen molar-refractivity contribution in [3.05, 3.63) is 58.6 Å². The molecule has 0 spiro atoms. The smallest absolute Gasteiger partial charge is 0.345 e. The van der Waals surface area contributed by atoms with Crippen LogP contribution in [0, 0.1) is 0 Å². The quantitative estimate of drug-likeness (QED) is 0.569. The number of esters is 2. The molecule has 0 N–H and O–H groups in total. The summed E-state index contributed by atoms with van der Waals surface area (Å²) in [5, 5.41) is 0.0545. The summed E-state index contributed by atoms with van der Waals surface area (Å²) < 4.78 is 35.2. The molecule has 0 unspecified atom stereocenters. The second-order valence-electron chi connectivity index (χ2n) is 5.33. The van der Waals surface area contributed by atoms with Gasteiger partial charge in [0, 0.05) is 14.1 Å². The summed E-state index contributed by atoms with van der Waals surface area (Å²) in [5.74, 6) is -1.18. The number of rotatable bonds is 5. The van der Waals surface area contributed by atoms with Crippen molar-refractivity contribution in [2.45, 2.75) is 4.90 Å². The highest BCUT2D eigenvalue weighted by molar-refractivity contribution is 7.89. The lowest BCUT2D eigenvalue weighted by Gasteiger charge is -2.13. The van der Waals surface area contributed by atoms with Crippen molar-refractivity contribution in [3.63, 3.8) is 0 Å². The topological polar surface area (TPSA) is 90.0 Å². The Bertz CT molecular complexity index is 938. The van der Waals surface area contributed by atoms with E-state index in [1.807, 2.05) is 0 Å². The zero-order valence-corrected chi connectivity index (χ0v) is 15.8. The van der Waals surface area contributed by atoms with Crippen LogP contribution in [0.3, 0.4) is 0 Å². The average Bonchev–Trinajstić information content (AvgIpc) is 2.61. The molecule has 0 saturated carbocycles. The van der Waals surface area contributed by atoms with Gasteiger partial charge in [-0.15, -0.1) is 0 Å². The Morgan fingerprint density at radius 2 is 1.62 bits per heavy atom. The van der Waals surface area contributed by atoms with Gasteiger partial charge in [-0.05, 0) is 42.5 Å². The van der Waals surface area contributed by atoms with Gasteiger partial charge in [0.15, 0.2) is 0 Å². The van der Waals surface area contributed by atoms with Gasteiger partial charge >= 0.3 is 11.9 Å². The largest absolute Gasteiger partial charge is 0.465 e. The predicted octanol–water partition coefficient (Wildman–Crippen LogP) is 2.60. The highest BCUT2D eigenvalue weighted by atomic mass is 35.5. The summed E-state index contributed by atoms with van der Waals surface area (Å²) in [4.78, 5) is 23.7. The molecule has 0 heterocycles. The first-order valence-electron chi connectivity index (χ1n) is 7.29. The fourth-order valence-electron chi connectivity index (χ4n) is 1.97. The van der Waals surface area contributed by atoms with Crippen molar-refractivity contribution >= 4 is 33.6 Å². The monoisotopic (exact) mass is 397 g/mol. The fourth-order valence-corrected chi connectivity index (χ4v) is 3.09. The van der Waals surface area contributed by atoms with Crippen LogP contribution in [0.15, 0.2) is 47.4 Å². The van der Waals surface area contributed by atoms with E-state index in [0.717, 1.165) is 10.4 Å². The number of sulfonamides is 1. The molecule has 7 nitrogen and oxygen atoms in total. The molecule has 0 saturated heterocycles. The third-order valence-corrected chi connectivity index (χ3v) is 5.56. The van der Waals surface area contributed by atoms with E-state index in [1.165, 1.54) is 57.6 Å². The number of hydrogen-bond acceptors (Lipinski definition) is 6. The minimum atomic E-state index is -3.73. The maximum Gasteiger partial charge on any atom is 0.345 e. The molecule has 2 rings (SSSR count). The summed E-state index contributed by atoms with van der Waals surface area (Å²) >= 11 is 6.00. The molecule has 2 aromatic rings. The summed E-state index contributed by atoms with van der Waals surface area (Å²) in [7, 11) is 0.291. The summed E-state index contributed by atoms with van der Waals surface area (Å²) in [6.07, 6.45) is 0. The molecule has 0 amide bonds. The number of ether oxygens (including phenoxy) is 2. The molecule has 0 aromatic heterocycles. The van der Waals surface area contributed by atoms with Gasteiger partial charge < -0.3 is 9.47 Å². The van der Waals surface area contributed by atoms with E-state index < -0.39 is 22.0 Å². The van der Waals surface area contributed by atoms with Crippen molar-refractivity contribution in [1.82, 2.24) is 4.31 Å². The Labute approximate surface area is 156 Å². The van der Waals surface area contributed by atoms with Crippen LogP contribution in [0.4, 0.5) is 0 Å². The van der Waals surface area contributed by atoms with Crippen LogP contribution < -0.4 is 4.74 Å². The molecule has 0 bridgehead atoms. The number of hydrogen-bond donors (Lipinski definition) is 0. The van der Waals surface area contributed by atoms with E-state index >= 15 is 0 Å². The van der Waals surface area contributed by atoms with E-state index in [4.69, 9.17) is 16.3 Å². The van der Waals surface area contributed by atoms with Gasteiger partial charge in [0.25, 0.3) is 0 Å². The van der Waals surface area contributed by atoms with Crippen molar-refractivity contribution in [2.24, 2.45) is 0 Å². The number of benzene rings is 2. The lowest BCUT2D eigenvalue weighted by Crippen LogP contribution is -2.22. The Balaban J connectivity index is 2.28. The number of carbonyl (C=O) groups is 2. The molecular formula is C17H16ClNO6S. The maximum absolute atomic E-state index is 12.4. The highest BCUT2D eigenvalue weighted by Crippen LogP contribution is 2.24. The van der Waals surface area contributed by atoms with Gasteiger partial charge in [-0.3, -0.25) is 0 Å². The molecule has 0 aliphatic carbocycles. The van der Waals surface area contributed by atoms with Crippen LogP contribution in [-0.2, 0) is 14.8 Å². The lowest BCUT2D eigenvalue weighted by molar-refractivity contribution is 0.0600. The first-order valence-corrected chi connectivity index (χ1v) is 9.11. The number of halogens is 1. The SMILES string of the molecule is COC(=O)c1ccc(OC(=O)c2cc(S(=O)(=O)N(C)C)ccc2Cl)cc1. The predicted molar refractivity (Wildman–Crippen MR) is 95.1 cm³/mol. The normalized spacial score (nSPS) is 11.3. The Hall–Kier alpha value is -2.42. The number of carbonyl (C=O) groups excluding carboxylic acids is 2. The van der Waals surface area contributed by atoms with Gasteiger partial charge in [-0.2, -0.15) is 0 Å². The molecule has 138 valence electrons. The van der Waals surface area contributed by atoms with Crippen LogP contribution in [0.25, 0.3) is 0 Å². The minimum absolute atomic E-state index is 0.0545. The average molecular weight is 398 g/mol. The van der Waals surface area contributed by atoms with Gasteiger partial charge in [0.1, 0.15) is 5.75 Å². The number of nitrogens with zero attached hydrogens (tertiary/aromatic N) is 1. The van der Waals surface area contributed by atoms with Crippen LogP contribution in [0.5, 0.6) is 5.75 Å². The van der Waals surface area contributed by atoms with Crippen molar-refractivity contribution in [1.29, 1.82) is 0 Å². The third-order valence-electron chi connectivity index (χ3n) is 3.42. The summed E-state index contributed by atoms with van der Waals surface area (Å²) in [6, 6.07) is 9.47. The zero-order chi connectivity index (χ0) is 19.5. The van der Waals surface area contributed by atoms with Gasteiger partial charge in [-0.25, -0.2) is 22.3 Å². The standard InChI is InChI=1S/C17H16ClNO6S/c1-19(2)26(22,23)13-8-9-15(18)14(10-13)17(21)25-12-6-4-11(5-7-12)16(20)24-3/h4-10H,1-3H3. The Kier molecular flexibility index (Phi) is 6.01. The molecule has 0 fully saturated rings. The minimum Gasteiger partial charge on any atom is -0.465 e. The molecule has 0 radical (unpaired) electrons. The third kappa shape index (κ3) is 4.21. The number of methoxy groups -OCH3 is 1. The fraction of sp³-hybridized carbons (Fsp3) is 0.176. The van der Waals surface area contributed by atoms with Crippen LogP contribution in [0.2, 0.25) is 5.02 Å². The molecule has 0 atom stereocenters. The first-order chi connectivity index (χ1) is 12.2. The highest BCUT2D eigenvalue weighted by Gasteiger charge is 2.21. The Morgan fingerprint density at radius 3 is 2.15 bits per heavy atom. The van der Waals surface area contributed by atoms with Gasteiger partial charge in [0.05, 0.1) is 28.2 Å². The van der Waals surface area contributed by atoms with Crippen molar-refractivity contribution in [2.75, 3.05) is 21.2 Å². The van der Waals surface area contributed by atoms with E-state index in [-0.39, 0.29) is 21.2 Å². The molecule has 9 heteroatoms. The second-order valence-corrected chi connectivity index (χ2v) is 7.89. The molecule has 26 heavy (non-hydrogen) atoms. The zero-order valence-electron chi connectivity index (χ0n) is 14.2. The maximum atomic E-state index is 12.4. The van der Waals surface area contributed by atoms with Crippen LogP contribution in [0.1, 0.15) is 20.7 Å². The second kappa shape index (κ2) is 7.86. The van der Waals surface area contributed by atoms with Crippen LogP contribution >= 0.6 is 11.6 Å². The summed E-state index contributed by atoms with van der Waals surface area (Å²) in [6.45, 7) is 0. The van der Waals surface area contributed by atoms with Crippen molar-refractivity contribution in [3.8, 4) is 5.75 Å².